The molecule has 0 atom stereocenters. The van der Waals surface area contributed by atoms with Crippen LogP contribution >= 0.6 is 0 Å². The molecule has 0 aromatic carbocycles. The molecule has 0 N–H and O–H groups in total. The third-order valence-corrected chi connectivity index (χ3v) is 3.54. The van der Waals surface area contributed by atoms with Crippen LogP contribution in [0.3, 0.4) is 0 Å². The van der Waals surface area contributed by atoms with Crippen molar-refractivity contribution in [2.75, 3.05) is 26.2 Å². The molecule has 2 rings (SSSR count). The SMILES string of the molecule is CCC(=O)N1CCN(Cc2cn(C)nc2C)CC1. The van der Waals surface area contributed by atoms with Crippen molar-refractivity contribution in [1.82, 2.24) is 19.6 Å². The van der Waals surface area contributed by atoms with Gasteiger partial charge in [0.05, 0.1) is 5.69 Å². The number of aromatic nitrogens is 2. The van der Waals surface area contributed by atoms with E-state index in [4.69, 9.17) is 0 Å². The molecule has 0 saturated carbocycles. The second-order valence-corrected chi connectivity index (χ2v) is 4.92. The first-order chi connectivity index (χ1) is 8.60. The van der Waals surface area contributed by atoms with Crippen LogP contribution in [0.15, 0.2) is 6.20 Å². The van der Waals surface area contributed by atoms with Gasteiger partial charge in [0, 0.05) is 58.0 Å². The maximum atomic E-state index is 11.6. The molecule has 5 nitrogen and oxygen atoms in total. The molecule has 1 aromatic rings. The number of carbonyl (C=O) groups excluding carboxylic acids is 1. The number of rotatable bonds is 3. The number of hydrogen-bond acceptors (Lipinski definition) is 3. The van der Waals surface area contributed by atoms with Crippen molar-refractivity contribution in [2.24, 2.45) is 7.05 Å². The first-order valence-electron chi connectivity index (χ1n) is 6.59. The summed E-state index contributed by atoms with van der Waals surface area (Å²) in [6.07, 6.45) is 2.70. The minimum atomic E-state index is 0.271. The van der Waals surface area contributed by atoms with Crippen LogP contribution in [0.5, 0.6) is 0 Å². The van der Waals surface area contributed by atoms with Crippen LogP contribution in [-0.2, 0) is 18.4 Å². The molecule has 1 aromatic heterocycles. The van der Waals surface area contributed by atoms with E-state index in [0.29, 0.717) is 6.42 Å². The van der Waals surface area contributed by atoms with Crippen LogP contribution < -0.4 is 0 Å². The summed E-state index contributed by atoms with van der Waals surface area (Å²) in [6, 6.07) is 0. The zero-order valence-electron chi connectivity index (χ0n) is 11.5. The molecule has 1 amide bonds. The van der Waals surface area contributed by atoms with Crippen LogP contribution in [0.1, 0.15) is 24.6 Å². The lowest BCUT2D eigenvalue weighted by molar-refractivity contribution is -0.132. The first-order valence-corrected chi connectivity index (χ1v) is 6.59. The van der Waals surface area contributed by atoms with Gasteiger partial charge in [0.25, 0.3) is 0 Å². The van der Waals surface area contributed by atoms with E-state index in [2.05, 4.69) is 16.2 Å². The lowest BCUT2D eigenvalue weighted by Crippen LogP contribution is -2.48. The highest BCUT2D eigenvalue weighted by Crippen LogP contribution is 2.11. The van der Waals surface area contributed by atoms with Gasteiger partial charge in [-0.25, -0.2) is 0 Å². The number of nitrogens with zero attached hydrogens (tertiary/aromatic N) is 4. The summed E-state index contributed by atoms with van der Waals surface area (Å²) in [7, 11) is 1.95. The molecule has 0 bridgehead atoms. The van der Waals surface area contributed by atoms with Crippen molar-refractivity contribution in [3.63, 3.8) is 0 Å². The van der Waals surface area contributed by atoms with Gasteiger partial charge in [0.1, 0.15) is 0 Å². The monoisotopic (exact) mass is 250 g/mol. The van der Waals surface area contributed by atoms with Crippen LogP contribution in [0.4, 0.5) is 0 Å². The Balaban J connectivity index is 1.87. The van der Waals surface area contributed by atoms with Gasteiger partial charge in [0.15, 0.2) is 0 Å². The van der Waals surface area contributed by atoms with Gasteiger partial charge in [-0.05, 0) is 6.92 Å². The lowest BCUT2D eigenvalue weighted by atomic mass is 10.2. The van der Waals surface area contributed by atoms with Crippen molar-refractivity contribution < 1.29 is 4.79 Å². The summed E-state index contributed by atoms with van der Waals surface area (Å²) >= 11 is 0. The molecule has 5 heteroatoms. The zero-order chi connectivity index (χ0) is 13.1. The second-order valence-electron chi connectivity index (χ2n) is 4.92. The highest BCUT2D eigenvalue weighted by atomic mass is 16.2. The fourth-order valence-corrected chi connectivity index (χ4v) is 2.42. The number of aryl methyl sites for hydroxylation is 2. The average Bonchev–Trinajstić information content (AvgIpc) is 2.68. The largest absolute Gasteiger partial charge is 0.340 e. The van der Waals surface area contributed by atoms with Crippen molar-refractivity contribution in [3.05, 3.63) is 17.5 Å². The number of hydrogen-bond donors (Lipinski definition) is 0. The van der Waals surface area contributed by atoms with E-state index >= 15 is 0 Å². The van der Waals surface area contributed by atoms with Crippen LogP contribution in [0.2, 0.25) is 0 Å². The molecule has 0 radical (unpaired) electrons. The third kappa shape index (κ3) is 2.90. The highest BCUT2D eigenvalue weighted by Gasteiger charge is 2.20. The van der Waals surface area contributed by atoms with E-state index in [1.54, 1.807) is 0 Å². The normalized spacial score (nSPS) is 17.2. The van der Waals surface area contributed by atoms with Gasteiger partial charge < -0.3 is 4.90 Å². The molecule has 0 unspecified atom stereocenters. The Morgan fingerprint density at radius 1 is 1.33 bits per heavy atom. The topological polar surface area (TPSA) is 41.4 Å². The molecular formula is C13H22N4O. The minimum absolute atomic E-state index is 0.271. The Morgan fingerprint density at radius 3 is 2.50 bits per heavy atom. The minimum Gasteiger partial charge on any atom is -0.340 e. The van der Waals surface area contributed by atoms with E-state index in [9.17, 15) is 4.79 Å². The standard InChI is InChI=1S/C13H22N4O/c1-4-13(18)17-7-5-16(6-8-17)10-12-9-15(3)14-11(12)2/h9H,4-8,10H2,1-3H3. The van der Waals surface area contributed by atoms with E-state index in [0.717, 1.165) is 38.4 Å². The third-order valence-electron chi connectivity index (χ3n) is 3.54. The summed E-state index contributed by atoms with van der Waals surface area (Å²) in [6.45, 7) is 8.53. The van der Waals surface area contributed by atoms with Crippen LogP contribution in [0, 0.1) is 6.92 Å². The van der Waals surface area contributed by atoms with Crippen LogP contribution in [-0.4, -0.2) is 51.7 Å². The van der Waals surface area contributed by atoms with Crippen molar-refractivity contribution in [3.8, 4) is 0 Å². The Hall–Kier alpha value is -1.36. The maximum Gasteiger partial charge on any atom is 0.222 e. The Labute approximate surface area is 108 Å². The summed E-state index contributed by atoms with van der Waals surface area (Å²) in [5, 5.41) is 4.36. The van der Waals surface area contributed by atoms with E-state index in [1.165, 1.54) is 5.56 Å². The molecule has 0 aliphatic carbocycles. The van der Waals surface area contributed by atoms with Crippen molar-refractivity contribution >= 4 is 5.91 Å². The van der Waals surface area contributed by atoms with E-state index in [1.807, 2.05) is 30.5 Å². The van der Waals surface area contributed by atoms with Gasteiger partial charge in [-0.1, -0.05) is 6.92 Å². The molecule has 1 aliphatic rings. The molecular weight excluding hydrogens is 228 g/mol. The van der Waals surface area contributed by atoms with Gasteiger partial charge in [0.2, 0.25) is 5.91 Å². The zero-order valence-corrected chi connectivity index (χ0v) is 11.5. The van der Waals surface area contributed by atoms with Crippen molar-refractivity contribution in [1.29, 1.82) is 0 Å². The fourth-order valence-electron chi connectivity index (χ4n) is 2.42. The molecule has 1 fully saturated rings. The van der Waals surface area contributed by atoms with Crippen molar-refractivity contribution in [2.45, 2.75) is 26.8 Å². The molecule has 18 heavy (non-hydrogen) atoms. The second kappa shape index (κ2) is 5.52. The fraction of sp³-hybridized carbons (Fsp3) is 0.692. The Kier molecular flexibility index (Phi) is 4.01. The van der Waals surface area contributed by atoms with E-state index in [-0.39, 0.29) is 5.91 Å². The van der Waals surface area contributed by atoms with Gasteiger partial charge >= 0.3 is 0 Å². The number of amides is 1. The quantitative estimate of drug-likeness (QED) is 0.796. The maximum absolute atomic E-state index is 11.6. The van der Waals surface area contributed by atoms with Gasteiger partial charge in [-0.3, -0.25) is 14.4 Å². The summed E-state index contributed by atoms with van der Waals surface area (Å²) in [4.78, 5) is 15.9. The smallest absolute Gasteiger partial charge is 0.222 e. The van der Waals surface area contributed by atoms with E-state index < -0.39 is 0 Å². The number of piperazine rings is 1. The van der Waals surface area contributed by atoms with Gasteiger partial charge in [-0.15, -0.1) is 0 Å². The molecule has 1 aliphatic heterocycles. The lowest BCUT2D eigenvalue weighted by Gasteiger charge is -2.34. The highest BCUT2D eigenvalue weighted by molar-refractivity contribution is 5.75. The van der Waals surface area contributed by atoms with Gasteiger partial charge in [-0.2, -0.15) is 5.10 Å². The summed E-state index contributed by atoms with van der Waals surface area (Å²) in [5.74, 6) is 0.271. The number of carbonyl (C=O) groups is 1. The molecule has 1 saturated heterocycles. The molecule has 2 heterocycles. The molecule has 100 valence electrons. The average molecular weight is 250 g/mol. The predicted octanol–water partition coefficient (Wildman–Crippen LogP) is 0.783. The predicted molar refractivity (Wildman–Crippen MR) is 70.1 cm³/mol. The Morgan fingerprint density at radius 2 is 2.00 bits per heavy atom. The first kappa shape index (κ1) is 13.1. The summed E-state index contributed by atoms with van der Waals surface area (Å²) in [5.41, 5.74) is 2.39. The Bertz CT molecular complexity index is 419. The van der Waals surface area contributed by atoms with Crippen LogP contribution in [0.25, 0.3) is 0 Å². The molecule has 0 spiro atoms. The summed E-state index contributed by atoms with van der Waals surface area (Å²) < 4.78 is 1.86.